The van der Waals surface area contributed by atoms with Gasteiger partial charge in [-0.3, -0.25) is 14.6 Å². The van der Waals surface area contributed by atoms with Crippen LogP contribution >= 0.6 is 11.6 Å². The molecule has 0 radical (unpaired) electrons. The average Bonchev–Trinajstić information content (AvgIpc) is 2.75. The van der Waals surface area contributed by atoms with E-state index in [4.69, 9.17) is 11.6 Å². The molecule has 9 heteroatoms. The highest BCUT2D eigenvalue weighted by molar-refractivity contribution is 6.30. The van der Waals surface area contributed by atoms with E-state index in [-0.39, 0.29) is 11.5 Å². The predicted octanol–water partition coefficient (Wildman–Crippen LogP) is 1.64. The third-order valence-corrected chi connectivity index (χ3v) is 4.78. The van der Waals surface area contributed by atoms with Crippen molar-refractivity contribution in [2.24, 2.45) is 0 Å². The molecular weight excluding hydrogens is 380 g/mol. The normalized spacial score (nSPS) is 14.2. The lowest BCUT2D eigenvalue weighted by atomic mass is 10.2. The van der Waals surface area contributed by atoms with Crippen LogP contribution in [0.25, 0.3) is 5.69 Å². The zero-order chi connectivity index (χ0) is 19.5. The first-order chi connectivity index (χ1) is 13.6. The number of rotatable bonds is 3. The quantitative estimate of drug-likeness (QED) is 0.669. The van der Waals surface area contributed by atoms with Crippen LogP contribution in [-0.4, -0.2) is 56.7 Å². The summed E-state index contributed by atoms with van der Waals surface area (Å²) in [6, 6.07) is 10.1. The molecule has 4 rings (SSSR count). The van der Waals surface area contributed by atoms with Crippen LogP contribution in [0.1, 0.15) is 10.5 Å². The molecule has 1 amide bonds. The number of hydrogen-bond acceptors (Lipinski definition) is 6. The fourth-order valence-corrected chi connectivity index (χ4v) is 3.17. The number of piperazine rings is 1. The number of benzene rings is 1. The van der Waals surface area contributed by atoms with Crippen LogP contribution in [0.3, 0.4) is 0 Å². The zero-order valence-electron chi connectivity index (χ0n) is 14.9. The van der Waals surface area contributed by atoms with Gasteiger partial charge in [-0.25, -0.2) is 4.98 Å². The van der Waals surface area contributed by atoms with Gasteiger partial charge in [0.2, 0.25) is 0 Å². The number of halogens is 1. The molecule has 1 aromatic carbocycles. The van der Waals surface area contributed by atoms with E-state index in [9.17, 15) is 9.59 Å². The molecule has 0 spiro atoms. The van der Waals surface area contributed by atoms with Crippen LogP contribution in [0.2, 0.25) is 5.02 Å². The Balaban J connectivity index is 1.49. The molecule has 142 valence electrons. The summed E-state index contributed by atoms with van der Waals surface area (Å²) in [5.74, 6) is 0.549. The fourth-order valence-electron chi connectivity index (χ4n) is 3.05. The van der Waals surface area contributed by atoms with Gasteiger partial charge in [0.1, 0.15) is 11.5 Å². The van der Waals surface area contributed by atoms with Crippen molar-refractivity contribution < 1.29 is 4.79 Å². The van der Waals surface area contributed by atoms with Gasteiger partial charge in [0.25, 0.3) is 11.5 Å². The lowest BCUT2D eigenvalue weighted by Gasteiger charge is -2.35. The van der Waals surface area contributed by atoms with Crippen molar-refractivity contribution in [2.75, 3.05) is 31.1 Å². The molecule has 1 aliphatic rings. The molecule has 1 aliphatic heterocycles. The minimum Gasteiger partial charge on any atom is -0.352 e. The van der Waals surface area contributed by atoms with Crippen molar-refractivity contribution in [1.29, 1.82) is 0 Å². The summed E-state index contributed by atoms with van der Waals surface area (Å²) >= 11 is 5.92. The highest BCUT2D eigenvalue weighted by atomic mass is 35.5. The average molecular weight is 397 g/mol. The molecule has 0 N–H and O–H groups in total. The standard InChI is InChI=1S/C19H17ClN6O2/c20-14-1-3-15(4-2-14)26-18(27)6-5-17(23-26)24-9-11-25(12-10-24)19(28)16-13-21-7-8-22-16/h1-8,13H,9-12H2. The van der Waals surface area contributed by atoms with Gasteiger partial charge in [-0.1, -0.05) is 11.6 Å². The zero-order valence-corrected chi connectivity index (χ0v) is 15.7. The molecule has 0 aliphatic carbocycles. The van der Waals surface area contributed by atoms with Gasteiger partial charge in [-0.15, -0.1) is 5.10 Å². The Hall–Kier alpha value is -3.26. The number of aromatic nitrogens is 4. The molecule has 3 heterocycles. The molecule has 3 aromatic rings. The minimum atomic E-state index is -0.220. The fraction of sp³-hybridized carbons (Fsp3) is 0.211. The van der Waals surface area contributed by atoms with Crippen molar-refractivity contribution >= 4 is 23.3 Å². The van der Waals surface area contributed by atoms with Gasteiger partial charge < -0.3 is 9.80 Å². The van der Waals surface area contributed by atoms with Gasteiger partial charge in [-0.05, 0) is 30.3 Å². The van der Waals surface area contributed by atoms with Gasteiger partial charge in [0, 0.05) is 49.7 Å². The molecule has 28 heavy (non-hydrogen) atoms. The van der Waals surface area contributed by atoms with Gasteiger partial charge in [-0.2, -0.15) is 4.68 Å². The van der Waals surface area contributed by atoms with Crippen molar-refractivity contribution in [3.05, 3.63) is 76.1 Å². The summed E-state index contributed by atoms with van der Waals surface area (Å²) in [7, 11) is 0. The summed E-state index contributed by atoms with van der Waals surface area (Å²) in [6.07, 6.45) is 4.52. The Labute approximate surface area is 166 Å². The van der Waals surface area contributed by atoms with E-state index in [1.54, 1.807) is 35.2 Å². The molecule has 8 nitrogen and oxygen atoms in total. The van der Waals surface area contributed by atoms with E-state index in [1.165, 1.54) is 29.3 Å². The van der Waals surface area contributed by atoms with Crippen molar-refractivity contribution in [2.45, 2.75) is 0 Å². The Morgan fingerprint density at radius 1 is 0.964 bits per heavy atom. The maximum absolute atomic E-state index is 12.5. The number of anilines is 1. The molecule has 1 fully saturated rings. The molecule has 0 atom stereocenters. The summed E-state index contributed by atoms with van der Waals surface area (Å²) < 4.78 is 1.35. The van der Waals surface area contributed by atoms with Crippen LogP contribution in [0.4, 0.5) is 5.82 Å². The van der Waals surface area contributed by atoms with E-state index >= 15 is 0 Å². The van der Waals surface area contributed by atoms with Gasteiger partial charge in [0.15, 0.2) is 0 Å². The van der Waals surface area contributed by atoms with Crippen LogP contribution in [0.5, 0.6) is 0 Å². The van der Waals surface area contributed by atoms with E-state index in [0.717, 1.165) is 0 Å². The highest BCUT2D eigenvalue weighted by Gasteiger charge is 2.24. The molecule has 0 unspecified atom stereocenters. The molecule has 1 saturated heterocycles. The van der Waals surface area contributed by atoms with Crippen molar-refractivity contribution in [1.82, 2.24) is 24.6 Å². The third-order valence-electron chi connectivity index (χ3n) is 4.53. The number of nitrogens with zero attached hydrogens (tertiary/aromatic N) is 6. The van der Waals surface area contributed by atoms with Gasteiger partial charge >= 0.3 is 0 Å². The van der Waals surface area contributed by atoms with Crippen molar-refractivity contribution in [3.8, 4) is 5.69 Å². The largest absolute Gasteiger partial charge is 0.352 e. The summed E-state index contributed by atoms with van der Waals surface area (Å²) in [5, 5.41) is 5.08. The third kappa shape index (κ3) is 3.72. The van der Waals surface area contributed by atoms with Gasteiger partial charge in [0.05, 0.1) is 11.9 Å². The number of amides is 1. The molecular formula is C19H17ClN6O2. The van der Waals surface area contributed by atoms with E-state index in [1.807, 2.05) is 4.90 Å². The topological polar surface area (TPSA) is 84.2 Å². The van der Waals surface area contributed by atoms with Crippen LogP contribution < -0.4 is 10.5 Å². The Kier molecular flexibility index (Phi) is 5.03. The second kappa shape index (κ2) is 7.77. The predicted molar refractivity (Wildman–Crippen MR) is 105 cm³/mol. The Morgan fingerprint density at radius 3 is 2.39 bits per heavy atom. The molecule has 0 bridgehead atoms. The maximum atomic E-state index is 12.5. The SMILES string of the molecule is O=C(c1cnccn1)N1CCN(c2ccc(=O)n(-c3ccc(Cl)cc3)n2)CC1. The first-order valence-electron chi connectivity index (χ1n) is 8.78. The Morgan fingerprint density at radius 2 is 1.71 bits per heavy atom. The minimum absolute atomic E-state index is 0.133. The molecule has 0 saturated carbocycles. The van der Waals surface area contributed by atoms with Crippen LogP contribution in [-0.2, 0) is 0 Å². The summed E-state index contributed by atoms with van der Waals surface area (Å²) in [5.41, 5.74) is 0.764. The summed E-state index contributed by atoms with van der Waals surface area (Å²) in [6.45, 7) is 2.30. The first kappa shape index (κ1) is 18.1. The first-order valence-corrected chi connectivity index (χ1v) is 9.16. The maximum Gasteiger partial charge on any atom is 0.274 e. The van der Waals surface area contributed by atoms with E-state index < -0.39 is 0 Å². The highest BCUT2D eigenvalue weighted by Crippen LogP contribution is 2.16. The lowest BCUT2D eigenvalue weighted by molar-refractivity contribution is 0.0740. The number of carbonyl (C=O) groups excluding carboxylic acids is 1. The van der Waals surface area contributed by atoms with Crippen LogP contribution in [0, 0.1) is 0 Å². The Bertz CT molecular complexity index is 1030. The van der Waals surface area contributed by atoms with E-state index in [2.05, 4.69) is 15.1 Å². The van der Waals surface area contributed by atoms with Crippen molar-refractivity contribution in [3.63, 3.8) is 0 Å². The smallest absolute Gasteiger partial charge is 0.274 e. The molecule has 2 aromatic heterocycles. The number of hydrogen-bond donors (Lipinski definition) is 0. The van der Waals surface area contributed by atoms with Crippen LogP contribution in [0.15, 0.2) is 59.8 Å². The summed E-state index contributed by atoms with van der Waals surface area (Å²) in [4.78, 5) is 36.5. The lowest BCUT2D eigenvalue weighted by Crippen LogP contribution is -2.49. The second-order valence-corrected chi connectivity index (χ2v) is 6.72. The monoisotopic (exact) mass is 396 g/mol. The van der Waals surface area contributed by atoms with E-state index in [0.29, 0.717) is 48.4 Å². The second-order valence-electron chi connectivity index (χ2n) is 6.29. The number of carbonyl (C=O) groups is 1.